The Morgan fingerprint density at radius 1 is 1.14 bits per heavy atom. The zero-order chi connectivity index (χ0) is 5.28. The van der Waals surface area contributed by atoms with Crippen LogP contribution in [0.4, 0.5) is 8.78 Å². The van der Waals surface area contributed by atoms with Crippen LogP contribution in [0.1, 0.15) is 0 Å². The molecule has 0 unspecified atom stereocenters. The first kappa shape index (κ1) is 4.30. The Balaban J connectivity index is 3.04. The van der Waals surface area contributed by atoms with Crippen LogP contribution in [0, 0.1) is 11.9 Å². The van der Waals surface area contributed by atoms with Gasteiger partial charge in [0.15, 0.2) is 11.9 Å². The second-order valence-corrected chi connectivity index (χ2v) is 1.15. The maximum absolute atomic E-state index is 11.6. The molecule has 0 radical (unpaired) electrons. The van der Waals surface area contributed by atoms with E-state index in [0.717, 1.165) is 12.1 Å². The molecule has 7 heavy (non-hydrogen) atoms. The molecule has 0 aromatic carbocycles. The highest BCUT2D eigenvalue weighted by Crippen LogP contribution is 1.94. The molecular formula is C4H3F2N. The van der Waals surface area contributed by atoms with Crippen LogP contribution in [-0.4, -0.2) is 4.98 Å². The van der Waals surface area contributed by atoms with E-state index >= 15 is 0 Å². The SMILES string of the molecule is Fc1ccc(F)[nH]1. The van der Waals surface area contributed by atoms with Crippen molar-refractivity contribution in [1.82, 2.24) is 4.98 Å². The molecule has 1 rings (SSSR count). The van der Waals surface area contributed by atoms with Crippen LogP contribution >= 0.6 is 0 Å². The van der Waals surface area contributed by atoms with Gasteiger partial charge in [-0.15, -0.1) is 0 Å². The fourth-order valence-electron chi connectivity index (χ4n) is 0.344. The second-order valence-electron chi connectivity index (χ2n) is 1.15. The lowest BCUT2D eigenvalue weighted by Crippen LogP contribution is -1.69. The summed E-state index contributed by atoms with van der Waals surface area (Å²) in [6.07, 6.45) is 0. The van der Waals surface area contributed by atoms with Crippen LogP contribution in [0.15, 0.2) is 12.1 Å². The Morgan fingerprint density at radius 3 is 1.71 bits per heavy atom. The summed E-state index contributed by atoms with van der Waals surface area (Å²) in [6, 6.07) is 2.05. The topological polar surface area (TPSA) is 15.8 Å². The molecule has 0 saturated heterocycles. The van der Waals surface area contributed by atoms with E-state index in [1.54, 1.807) is 4.98 Å². The lowest BCUT2D eigenvalue weighted by molar-refractivity contribution is 0.535. The quantitative estimate of drug-likeness (QED) is 0.509. The molecule has 1 nitrogen and oxygen atoms in total. The van der Waals surface area contributed by atoms with Crippen molar-refractivity contribution in [3.05, 3.63) is 24.0 Å². The molecule has 1 N–H and O–H groups in total. The highest BCUT2D eigenvalue weighted by molar-refractivity contribution is 4.91. The van der Waals surface area contributed by atoms with Gasteiger partial charge in [-0.25, -0.2) is 0 Å². The van der Waals surface area contributed by atoms with Crippen molar-refractivity contribution in [2.75, 3.05) is 0 Å². The number of aromatic nitrogens is 1. The van der Waals surface area contributed by atoms with Crippen molar-refractivity contribution in [3.63, 3.8) is 0 Å². The van der Waals surface area contributed by atoms with Gasteiger partial charge < -0.3 is 4.98 Å². The molecule has 0 aliphatic heterocycles. The van der Waals surface area contributed by atoms with E-state index in [0.29, 0.717) is 0 Å². The molecule has 0 aliphatic carbocycles. The van der Waals surface area contributed by atoms with Crippen molar-refractivity contribution in [2.45, 2.75) is 0 Å². The summed E-state index contributed by atoms with van der Waals surface area (Å²) in [5, 5.41) is 0. The lowest BCUT2D eigenvalue weighted by Gasteiger charge is -1.70. The van der Waals surface area contributed by atoms with Crippen LogP contribution in [0.5, 0.6) is 0 Å². The molecule has 38 valence electrons. The molecule has 0 aliphatic rings. The first-order valence-electron chi connectivity index (χ1n) is 1.79. The first-order chi connectivity index (χ1) is 3.29. The smallest absolute Gasteiger partial charge is 0.193 e. The normalized spacial score (nSPS) is 9.43. The maximum atomic E-state index is 11.6. The summed E-state index contributed by atoms with van der Waals surface area (Å²) in [4.78, 5) is 1.81. The molecule has 1 aromatic heterocycles. The summed E-state index contributed by atoms with van der Waals surface area (Å²) < 4.78 is 23.3. The van der Waals surface area contributed by atoms with Gasteiger partial charge in [0.25, 0.3) is 0 Å². The third-order valence-corrected chi connectivity index (χ3v) is 0.615. The van der Waals surface area contributed by atoms with Crippen molar-refractivity contribution in [1.29, 1.82) is 0 Å². The minimum absolute atomic E-state index is 0.641. The van der Waals surface area contributed by atoms with Gasteiger partial charge >= 0.3 is 0 Å². The van der Waals surface area contributed by atoms with Gasteiger partial charge in [-0.05, 0) is 12.1 Å². The predicted molar refractivity (Wildman–Crippen MR) is 20.7 cm³/mol. The molecular weight excluding hydrogens is 100 g/mol. The summed E-state index contributed by atoms with van der Waals surface area (Å²) in [6.45, 7) is 0. The van der Waals surface area contributed by atoms with Gasteiger partial charge in [-0.3, -0.25) is 0 Å². The summed E-state index contributed by atoms with van der Waals surface area (Å²) in [7, 11) is 0. The maximum Gasteiger partial charge on any atom is 0.193 e. The largest absolute Gasteiger partial charge is 0.308 e. The van der Waals surface area contributed by atoms with Crippen molar-refractivity contribution < 1.29 is 8.78 Å². The monoisotopic (exact) mass is 103 g/mol. The van der Waals surface area contributed by atoms with Crippen LogP contribution in [-0.2, 0) is 0 Å². The number of hydrogen-bond donors (Lipinski definition) is 1. The molecule has 0 saturated carbocycles. The number of rotatable bonds is 0. The Bertz CT molecular complexity index is 142. The molecule has 1 heterocycles. The van der Waals surface area contributed by atoms with Gasteiger partial charge in [0.05, 0.1) is 0 Å². The van der Waals surface area contributed by atoms with E-state index in [-0.39, 0.29) is 0 Å². The van der Waals surface area contributed by atoms with Crippen molar-refractivity contribution >= 4 is 0 Å². The predicted octanol–water partition coefficient (Wildman–Crippen LogP) is 1.29. The minimum atomic E-state index is -0.641. The number of hydrogen-bond acceptors (Lipinski definition) is 0. The highest BCUT2D eigenvalue weighted by Gasteiger charge is 1.90. The van der Waals surface area contributed by atoms with Crippen molar-refractivity contribution in [2.24, 2.45) is 0 Å². The Labute approximate surface area is 39.0 Å². The molecule has 0 amide bonds. The van der Waals surface area contributed by atoms with Gasteiger partial charge in [0.1, 0.15) is 0 Å². The number of H-pyrrole nitrogens is 1. The third-order valence-electron chi connectivity index (χ3n) is 0.615. The van der Waals surface area contributed by atoms with Crippen LogP contribution < -0.4 is 0 Å². The lowest BCUT2D eigenvalue weighted by atomic mass is 10.7. The fraction of sp³-hybridized carbons (Fsp3) is 0. The zero-order valence-corrected chi connectivity index (χ0v) is 3.41. The number of halogens is 2. The van der Waals surface area contributed by atoms with Gasteiger partial charge in [0, 0.05) is 0 Å². The molecule has 3 heteroatoms. The van der Waals surface area contributed by atoms with E-state index < -0.39 is 11.9 Å². The average Bonchev–Trinajstić information content (AvgIpc) is 1.87. The van der Waals surface area contributed by atoms with E-state index in [2.05, 4.69) is 0 Å². The van der Waals surface area contributed by atoms with Crippen LogP contribution in [0.2, 0.25) is 0 Å². The van der Waals surface area contributed by atoms with Gasteiger partial charge in [-0.2, -0.15) is 8.78 Å². The molecule has 0 bridgehead atoms. The van der Waals surface area contributed by atoms with E-state index in [4.69, 9.17) is 0 Å². The fourth-order valence-corrected chi connectivity index (χ4v) is 0.344. The van der Waals surface area contributed by atoms with Gasteiger partial charge in [0.2, 0.25) is 0 Å². The number of nitrogens with one attached hydrogen (secondary N) is 1. The van der Waals surface area contributed by atoms with E-state index in [1.165, 1.54) is 0 Å². The number of aromatic amines is 1. The second kappa shape index (κ2) is 1.33. The molecule has 0 atom stereocenters. The minimum Gasteiger partial charge on any atom is -0.308 e. The molecule has 1 aromatic rings. The van der Waals surface area contributed by atoms with Crippen LogP contribution in [0.25, 0.3) is 0 Å². The van der Waals surface area contributed by atoms with Crippen LogP contribution in [0.3, 0.4) is 0 Å². The van der Waals surface area contributed by atoms with Gasteiger partial charge in [-0.1, -0.05) is 0 Å². The zero-order valence-electron chi connectivity index (χ0n) is 3.41. The Morgan fingerprint density at radius 2 is 1.57 bits per heavy atom. The van der Waals surface area contributed by atoms with E-state index in [1.807, 2.05) is 0 Å². The molecule has 0 fully saturated rings. The highest BCUT2D eigenvalue weighted by atomic mass is 19.1. The summed E-state index contributed by atoms with van der Waals surface area (Å²) >= 11 is 0. The standard InChI is InChI=1S/C4H3F2N/c5-3-1-2-4(6)7-3/h1-2,7H. The Hall–Kier alpha value is -0.860. The third kappa shape index (κ3) is 0.765. The molecule has 0 spiro atoms. The van der Waals surface area contributed by atoms with Crippen molar-refractivity contribution in [3.8, 4) is 0 Å². The Kier molecular flexibility index (Phi) is 0.817. The summed E-state index contributed by atoms with van der Waals surface area (Å²) in [5.74, 6) is -1.28. The summed E-state index contributed by atoms with van der Waals surface area (Å²) in [5.41, 5.74) is 0. The first-order valence-corrected chi connectivity index (χ1v) is 1.79. The average molecular weight is 103 g/mol. The van der Waals surface area contributed by atoms with E-state index in [9.17, 15) is 8.78 Å².